The maximum atomic E-state index is 15.3. The minimum atomic E-state index is -5.68. The average Bonchev–Trinajstić information content (AvgIpc) is 4.06. The number of amides is 1. The predicted molar refractivity (Wildman–Crippen MR) is 189 cm³/mol. The van der Waals surface area contributed by atoms with Crippen LogP contribution in [0.25, 0.3) is 0 Å². The zero-order chi connectivity index (χ0) is 40.0. The Morgan fingerprint density at radius 2 is 1.45 bits per heavy atom. The maximum absolute atomic E-state index is 15.3. The van der Waals surface area contributed by atoms with Crippen molar-refractivity contribution < 1.29 is 58.6 Å². The van der Waals surface area contributed by atoms with Crippen LogP contribution in [0.5, 0.6) is 5.75 Å². The topological polar surface area (TPSA) is 104 Å². The number of nitrogens with zero attached hydrogens (tertiary/aromatic N) is 2. The van der Waals surface area contributed by atoms with Crippen LogP contribution >= 0.6 is 15.9 Å². The van der Waals surface area contributed by atoms with Gasteiger partial charge in [0.15, 0.2) is 23.3 Å². The summed E-state index contributed by atoms with van der Waals surface area (Å²) in [4.78, 5) is 25.7. The van der Waals surface area contributed by atoms with Crippen molar-refractivity contribution in [3.63, 3.8) is 0 Å². The van der Waals surface area contributed by atoms with Crippen molar-refractivity contribution in [3.8, 4) is 5.75 Å². The number of carbonyl (C=O) groups excluding carboxylic acids is 1. The van der Waals surface area contributed by atoms with E-state index in [1.807, 2.05) is 12.1 Å². The van der Waals surface area contributed by atoms with E-state index in [1.165, 1.54) is 12.1 Å². The number of halogens is 8. The van der Waals surface area contributed by atoms with Gasteiger partial charge in [-0.05, 0) is 107 Å². The molecule has 4 aromatic carbocycles. The van der Waals surface area contributed by atoms with Gasteiger partial charge < -0.3 is 14.7 Å². The summed E-state index contributed by atoms with van der Waals surface area (Å²) in [6.45, 7) is -1.29. The summed E-state index contributed by atoms with van der Waals surface area (Å²) in [5.41, 5.74) is 0.351. The van der Waals surface area contributed by atoms with Gasteiger partial charge in [-0.15, -0.1) is 0 Å². The lowest BCUT2D eigenvalue weighted by atomic mass is 9.99. The second kappa shape index (κ2) is 15.6. The van der Waals surface area contributed by atoms with Crippen molar-refractivity contribution in [2.24, 2.45) is 0 Å². The Balaban J connectivity index is 1.50. The zero-order valence-electron chi connectivity index (χ0n) is 28.9. The van der Waals surface area contributed by atoms with Crippen LogP contribution in [0.1, 0.15) is 82.6 Å². The standard InChI is InChI=1S/C38H32BrF7N2O6S/c1-2-54-29-16-23(37(50)51)11-12-28(29)48(17-20-13-25(21-7-8-21)15-26(14-20)22-9-10-22)30(49)19-47(18-24-5-3-4-6-27(24)38(44,45)46)55(52,53)36-31(39)32(40)33(41)34(42)35(36)43/h3-6,11-16,21-22H,2,7-10,17-19H2,1H3,(H,50,51). The Hall–Kier alpha value is -4.48. The molecule has 0 atom stereocenters. The van der Waals surface area contributed by atoms with Crippen molar-refractivity contribution in [2.75, 3.05) is 18.1 Å². The van der Waals surface area contributed by atoms with E-state index in [1.54, 1.807) is 6.92 Å². The van der Waals surface area contributed by atoms with Gasteiger partial charge >= 0.3 is 12.1 Å². The molecule has 2 fully saturated rings. The summed E-state index contributed by atoms with van der Waals surface area (Å²) in [5, 5.41) is 9.66. The van der Waals surface area contributed by atoms with Crippen LogP contribution in [-0.4, -0.2) is 42.9 Å². The maximum Gasteiger partial charge on any atom is 0.416 e. The lowest BCUT2D eigenvalue weighted by molar-refractivity contribution is -0.138. The van der Waals surface area contributed by atoms with E-state index in [9.17, 15) is 49.5 Å². The number of sulfonamides is 1. The highest BCUT2D eigenvalue weighted by Crippen LogP contribution is 2.46. The molecule has 17 heteroatoms. The summed E-state index contributed by atoms with van der Waals surface area (Å²) < 4.78 is 134. The van der Waals surface area contributed by atoms with Gasteiger partial charge in [-0.3, -0.25) is 4.79 Å². The first kappa shape index (κ1) is 40.2. The summed E-state index contributed by atoms with van der Waals surface area (Å²) in [7, 11) is -5.68. The van der Waals surface area contributed by atoms with Gasteiger partial charge in [-0.25, -0.2) is 30.8 Å². The highest BCUT2D eigenvalue weighted by Gasteiger charge is 2.40. The van der Waals surface area contributed by atoms with Crippen LogP contribution in [0.3, 0.4) is 0 Å². The largest absolute Gasteiger partial charge is 0.492 e. The van der Waals surface area contributed by atoms with Crippen LogP contribution in [0.15, 0.2) is 70.0 Å². The number of ether oxygens (including phenoxy) is 1. The molecule has 1 amide bonds. The third kappa shape index (κ3) is 8.53. The molecule has 4 aromatic rings. The number of carbonyl (C=O) groups is 2. The summed E-state index contributed by atoms with van der Waals surface area (Å²) in [6.07, 6.45) is -1.24. The van der Waals surface area contributed by atoms with Gasteiger partial charge in [0.2, 0.25) is 15.9 Å². The molecule has 0 aromatic heterocycles. The molecule has 0 unspecified atom stereocenters. The minimum absolute atomic E-state index is 0.00910. The van der Waals surface area contributed by atoms with Gasteiger partial charge in [0.05, 0.1) is 41.0 Å². The predicted octanol–water partition coefficient (Wildman–Crippen LogP) is 9.30. The zero-order valence-corrected chi connectivity index (χ0v) is 31.3. The lowest BCUT2D eigenvalue weighted by Gasteiger charge is -2.30. The van der Waals surface area contributed by atoms with Gasteiger partial charge in [0, 0.05) is 6.54 Å². The average molecular weight is 858 g/mol. The van der Waals surface area contributed by atoms with Crippen LogP contribution in [-0.2, 0) is 34.1 Å². The fourth-order valence-corrected chi connectivity index (χ4v) is 8.74. The molecular formula is C38H32BrF7N2O6S. The van der Waals surface area contributed by atoms with Crippen molar-refractivity contribution in [2.45, 2.75) is 68.6 Å². The molecule has 0 radical (unpaired) electrons. The Labute approximate surface area is 319 Å². The van der Waals surface area contributed by atoms with Gasteiger partial charge in [-0.1, -0.05) is 36.4 Å². The second-order valence-electron chi connectivity index (χ2n) is 13.3. The molecule has 8 nitrogen and oxygen atoms in total. The minimum Gasteiger partial charge on any atom is -0.492 e. The Kier molecular flexibility index (Phi) is 11.4. The molecule has 0 heterocycles. The Morgan fingerprint density at radius 3 is 2.02 bits per heavy atom. The molecule has 0 bridgehead atoms. The van der Waals surface area contributed by atoms with Gasteiger partial charge in [0.1, 0.15) is 10.6 Å². The first-order valence-electron chi connectivity index (χ1n) is 17.0. The molecule has 2 saturated carbocycles. The molecule has 2 aliphatic carbocycles. The Bertz CT molecular complexity index is 2220. The van der Waals surface area contributed by atoms with Crippen LogP contribution < -0.4 is 9.64 Å². The van der Waals surface area contributed by atoms with Crippen molar-refractivity contribution in [1.29, 1.82) is 0 Å². The molecule has 292 valence electrons. The number of rotatable bonds is 14. The van der Waals surface area contributed by atoms with Crippen molar-refractivity contribution >= 4 is 43.5 Å². The van der Waals surface area contributed by atoms with E-state index in [0.717, 1.165) is 66.0 Å². The molecule has 6 rings (SSSR count). The van der Waals surface area contributed by atoms with Crippen LogP contribution in [0, 0.1) is 23.3 Å². The molecule has 0 spiro atoms. The van der Waals surface area contributed by atoms with Gasteiger partial charge in [-0.2, -0.15) is 17.5 Å². The smallest absolute Gasteiger partial charge is 0.416 e. The number of carboxylic acid groups (broad SMARTS) is 1. The third-order valence-corrected chi connectivity index (χ3v) is 12.2. The second-order valence-corrected chi connectivity index (χ2v) is 16.0. The molecule has 55 heavy (non-hydrogen) atoms. The first-order chi connectivity index (χ1) is 25.9. The number of anilines is 1. The summed E-state index contributed by atoms with van der Waals surface area (Å²) in [5.74, 6) is -11.4. The number of carboxylic acids is 1. The highest BCUT2D eigenvalue weighted by atomic mass is 79.9. The van der Waals surface area contributed by atoms with E-state index in [-0.39, 0.29) is 46.3 Å². The summed E-state index contributed by atoms with van der Waals surface area (Å²) in [6, 6.07) is 13.1. The molecule has 0 aliphatic heterocycles. The van der Waals surface area contributed by atoms with E-state index >= 15 is 4.39 Å². The van der Waals surface area contributed by atoms with Crippen molar-refractivity contribution in [3.05, 3.63) is 122 Å². The van der Waals surface area contributed by atoms with Crippen LogP contribution in [0.2, 0.25) is 0 Å². The van der Waals surface area contributed by atoms with Gasteiger partial charge in [0.25, 0.3) is 0 Å². The third-order valence-electron chi connectivity index (χ3n) is 9.32. The molecule has 0 saturated heterocycles. The fraction of sp³-hybridized carbons (Fsp3) is 0.316. The number of benzene rings is 4. The fourth-order valence-electron chi connectivity index (χ4n) is 6.30. The SMILES string of the molecule is CCOc1cc(C(=O)O)ccc1N(Cc1cc(C2CC2)cc(C2CC2)c1)C(=O)CN(Cc1ccccc1C(F)(F)F)S(=O)(=O)c1c(F)c(F)c(F)c(F)c1Br. The number of hydrogen-bond donors (Lipinski definition) is 1. The van der Waals surface area contributed by atoms with E-state index in [0.29, 0.717) is 11.6 Å². The van der Waals surface area contributed by atoms with E-state index in [2.05, 4.69) is 22.0 Å². The van der Waals surface area contributed by atoms with Crippen LogP contribution in [0.4, 0.5) is 36.4 Å². The van der Waals surface area contributed by atoms with E-state index < -0.39 is 84.9 Å². The first-order valence-corrected chi connectivity index (χ1v) is 19.3. The molecule has 1 N–H and O–H groups in total. The summed E-state index contributed by atoms with van der Waals surface area (Å²) >= 11 is 2.45. The highest BCUT2D eigenvalue weighted by molar-refractivity contribution is 9.10. The monoisotopic (exact) mass is 856 g/mol. The molecule has 2 aliphatic rings. The Morgan fingerprint density at radius 1 is 0.855 bits per heavy atom. The number of aromatic carboxylic acids is 1. The van der Waals surface area contributed by atoms with Crippen molar-refractivity contribution in [1.82, 2.24) is 4.31 Å². The quantitative estimate of drug-likeness (QED) is 0.0771. The number of alkyl halides is 3. The number of hydrogen-bond acceptors (Lipinski definition) is 5. The normalized spacial score (nSPS) is 14.7. The lowest BCUT2D eigenvalue weighted by Crippen LogP contribution is -2.43. The van der Waals surface area contributed by atoms with E-state index in [4.69, 9.17) is 4.74 Å². The molecular weight excluding hydrogens is 825 g/mol.